The third kappa shape index (κ3) is 38.7. The van der Waals surface area contributed by atoms with Gasteiger partial charge in [-0.25, -0.2) is 0 Å². The number of carboxylic acid groups (broad SMARTS) is 2. The molecule has 0 spiro atoms. The summed E-state index contributed by atoms with van der Waals surface area (Å²) in [6.07, 6.45) is -2.50. The molecular formula is C86H123N23O22S. The smallest absolute Gasteiger partial charge is 0.325 e. The summed E-state index contributed by atoms with van der Waals surface area (Å²) in [6, 6.07) is 9.02. The van der Waals surface area contributed by atoms with Gasteiger partial charge in [0.1, 0.15) is 84.3 Å². The molecule has 46 heteroatoms. The molecule has 16 amide bonds. The van der Waals surface area contributed by atoms with Gasteiger partial charge < -0.3 is 133 Å². The number of primary amides is 1. The number of aliphatic hydroxyl groups excluding tert-OH is 1. The number of aliphatic hydroxyl groups is 1. The highest BCUT2D eigenvalue weighted by atomic mass is 32.1. The van der Waals surface area contributed by atoms with Gasteiger partial charge >= 0.3 is 11.9 Å². The summed E-state index contributed by atoms with van der Waals surface area (Å²) in [5.74, 6) is -20.8. The molecule has 0 bridgehead atoms. The lowest BCUT2D eigenvalue weighted by molar-refractivity contribution is -0.144. The van der Waals surface area contributed by atoms with Crippen molar-refractivity contribution in [1.82, 2.24) is 90.0 Å². The number of guanidine groups is 2. The Kier molecular flexibility index (Phi) is 45.8. The van der Waals surface area contributed by atoms with Crippen molar-refractivity contribution in [3.8, 4) is 5.75 Å². The zero-order valence-electron chi connectivity index (χ0n) is 73.9. The number of carbonyl (C=O) groups is 18. The monoisotopic (exact) mass is 1860 g/mol. The lowest BCUT2D eigenvalue weighted by Gasteiger charge is -2.30. The van der Waals surface area contributed by atoms with Gasteiger partial charge in [-0.15, -0.1) is 0 Å². The van der Waals surface area contributed by atoms with Crippen molar-refractivity contribution in [2.45, 2.75) is 209 Å². The predicted octanol–water partition coefficient (Wildman–Crippen LogP) is -5.97. The van der Waals surface area contributed by atoms with E-state index in [9.17, 15) is 102 Å². The van der Waals surface area contributed by atoms with Gasteiger partial charge in [-0.05, 0) is 105 Å². The zero-order valence-corrected chi connectivity index (χ0v) is 74.8. The van der Waals surface area contributed by atoms with Crippen molar-refractivity contribution >= 4 is 131 Å². The van der Waals surface area contributed by atoms with Gasteiger partial charge in [0.05, 0.1) is 32.2 Å². The molecule has 0 aromatic heterocycles. The number of likely N-dealkylation sites (tertiary alicyclic amines) is 1. The van der Waals surface area contributed by atoms with E-state index in [0.717, 1.165) is 0 Å². The number of hydrogen-bond donors (Lipinski definition) is 27. The second kappa shape index (κ2) is 55.7. The quantitative estimate of drug-likeness (QED) is 0.00847. The SMILES string of the molecule is CC(C)C[C@H](N)C(=O)N[C@@H](CCC(N)=O)C(=O)N[C@@H](Cc1ccccc1)C(=O)N[C@H](C(=O)N[C@@H](CS)C(=O)NCC(=O)N[C@@H](CC(=O)O)C(=O)N[C@@H](CCCNC(=N)N)C(=O)NCC(=O)N[C@@H](Cc1ccccc1)C(=O)N[C@@H](Cc1ccc(O)cc1)C(=O)N[C@@H](Cc1ccccc1)C(=O)N[C@@H](CO)C(=O)N[C@@H](CCCNC(=N)N)C(=O)N1CCC[C@H]1C(=O)N[C@@H](C)C(=O)O)C(C)C. The highest BCUT2D eigenvalue weighted by Crippen LogP contribution is 2.22. The molecule has 45 nitrogen and oxygen atoms in total. The van der Waals surface area contributed by atoms with Gasteiger partial charge in [0, 0.05) is 57.5 Å². The van der Waals surface area contributed by atoms with Gasteiger partial charge in [0.2, 0.25) is 94.5 Å². The van der Waals surface area contributed by atoms with Crippen LogP contribution in [0.4, 0.5) is 0 Å². The van der Waals surface area contributed by atoms with Crippen LogP contribution < -0.4 is 108 Å². The molecule has 132 heavy (non-hydrogen) atoms. The molecule has 1 saturated heterocycles. The number of phenols is 1. The van der Waals surface area contributed by atoms with Crippen LogP contribution in [0.25, 0.3) is 0 Å². The number of nitrogens with zero attached hydrogens (tertiary/aromatic N) is 1. The fraction of sp³-hybridized carbons (Fsp3) is 0.488. The highest BCUT2D eigenvalue weighted by molar-refractivity contribution is 7.80. The van der Waals surface area contributed by atoms with E-state index in [1.54, 1.807) is 105 Å². The number of thiol groups is 1. The van der Waals surface area contributed by atoms with Crippen LogP contribution in [0.5, 0.6) is 5.75 Å². The van der Waals surface area contributed by atoms with E-state index >= 15 is 4.79 Å². The molecular weight excluding hydrogens is 1740 g/mol. The predicted molar refractivity (Wildman–Crippen MR) is 482 cm³/mol. The third-order valence-electron chi connectivity index (χ3n) is 20.7. The lowest BCUT2D eigenvalue weighted by Crippen LogP contribution is -2.61. The van der Waals surface area contributed by atoms with Gasteiger partial charge in [0.25, 0.3) is 0 Å². The van der Waals surface area contributed by atoms with Crippen molar-refractivity contribution in [2.75, 3.05) is 45.1 Å². The van der Waals surface area contributed by atoms with Gasteiger partial charge in [-0.3, -0.25) is 97.1 Å². The average Bonchev–Trinajstić information content (AvgIpc) is 1.66. The minimum atomic E-state index is -1.99. The van der Waals surface area contributed by atoms with Gasteiger partial charge in [-0.1, -0.05) is 131 Å². The number of nitrogens with two attached hydrogens (primary N) is 4. The number of phenolic OH excluding ortho intramolecular Hbond substituents is 1. The first-order chi connectivity index (χ1) is 62.6. The minimum Gasteiger partial charge on any atom is -0.508 e. The largest absolute Gasteiger partial charge is 0.508 e. The number of rotatable bonds is 56. The van der Waals surface area contributed by atoms with E-state index in [4.69, 9.17) is 33.8 Å². The molecule has 4 aromatic carbocycles. The summed E-state index contributed by atoms with van der Waals surface area (Å²) in [5.41, 5.74) is 24.2. The van der Waals surface area contributed by atoms with Crippen molar-refractivity contribution in [2.24, 2.45) is 34.8 Å². The van der Waals surface area contributed by atoms with Crippen LogP contribution in [0.15, 0.2) is 115 Å². The number of benzene rings is 4. The molecule has 0 aliphatic carbocycles. The maximum Gasteiger partial charge on any atom is 0.325 e. The normalized spacial score (nSPS) is 15.1. The standard InChI is InChI=1S/C86H123N23O22S/c1-46(2)36-54(87)71(117)100-56(31-32-66(88)112)74(120)103-61(39-51-22-13-8-14-23-51)79(125)108-70(47(3)4)82(128)107-64(45-132)73(119)96-43-68(114)99-62(41-69(115)116)78(124)101-55(24-15-33-93-85(89)90)72(118)95-42-67(113)98-58(37-49-18-9-6-10-19-49)75(121)104-60(40-52-27-29-53(111)30-28-52)76(122)105-59(38-50-20-11-7-12-21-50)77(123)106-63(44-110)80(126)102-57(25-16-34-94-86(91)92)83(129)109-35-17-26-65(109)81(127)97-48(5)84(130)131/h6-14,18-23,27-30,46-48,54-65,70,110-111,132H,15-17,24-26,31-45,87H2,1-5H3,(H2,88,112)(H,95,118)(H,96,119)(H,97,127)(H,98,113)(H,99,114)(H,100,117)(H,101,124)(H,102,126)(H,103,120)(H,104,121)(H,105,122)(H,106,123)(H,107,128)(H,108,125)(H,115,116)(H,130,131)(H4,89,90,93)(H4,91,92,94)/t48-,54-,55-,56-,57-,58-,59-,60-,61-,62-,63-,64-,65-,70-/m0/s1. The Morgan fingerprint density at radius 3 is 1.27 bits per heavy atom. The third-order valence-corrected chi connectivity index (χ3v) is 21.1. The molecule has 1 aliphatic heterocycles. The molecule has 1 fully saturated rings. The number of aliphatic carboxylic acids is 2. The fourth-order valence-electron chi connectivity index (χ4n) is 13.7. The topological polar surface area (TPSA) is 736 Å². The first-order valence-corrected chi connectivity index (χ1v) is 43.4. The molecule has 0 unspecified atom stereocenters. The maximum atomic E-state index is 15.0. The van der Waals surface area contributed by atoms with E-state index in [1.807, 2.05) is 13.8 Å². The Bertz CT molecular complexity index is 4640. The van der Waals surface area contributed by atoms with E-state index in [0.29, 0.717) is 28.7 Å². The summed E-state index contributed by atoms with van der Waals surface area (Å²) in [5, 5.41) is 95.4. The summed E-state index contributed by atoms with van der Waals surface area (Å²) in [4.78, 5) is 249. The van der Waals surface area contributed by atoms with E-state index in [2.05, 4.69) is 97.7 Å². The summed E-state index contributed by atoms with van der Waals surface area (Å²) in [7, 11) is 0. The van der Waals surface area contributed by atoms with E-state index in [-0.39, 0.29) is 108 Å². The van der Waals surface area contributed by atoms with Gasteiger partial charge in [-0.2, -0.15) is 12.6 Å². The zero-order chi connectivity index (χ0) is 97.8. The van der Waals surface area contributed by atoms with Crippen LogP contribution in [0.3, 0.4) is 0 Å². The Labute approximate surface area is 767 Å². The van der Waals surface area contributed by atoms with Crippen LogP contribution in [0.1, 0.15) is 121 Å². The molecule has 14 atom stereocenters. The summed E-state index contributed by atoms with van der Waals surface area (Å²) < 4.78 is 0. The van der Waals surface area contributed by atoms with Crippen LogP contribution in [0.2, 0.25) is 0 Å². The Morgan fingerprint density at radius 1 is 0.447 bits per heavy atom. The van der Waals surface area contributed by atoms with Crippen LogP contribution in [-0.2, 0) is 112 Å². The number of nitrogens with one attached hydrogen (secondary N) is 18. The summed E-state index contributed by atoms with van der Waals surface area (Å²) in [6.45, 7) is 5.01. The number of carbonyl (C=O) groups excluding carboxylic acids is 16. The number of hydrogen-bond acceptors (Lipinski definition) is 24. The number of carboxylic acids is 2. The molecule has 30 N–H and O–H groups in total. The Balaban J connectivity index is 1.33. The van der Waals surface area contributed by atoms with Gasteiger partial charge in [0.15, 0.2) is 11.9 Å². The maximum absolute atomic E-state index is 15.0. The van der Waals surface area contributed by atoms with Crippen molar-refractivity contribution in [3.63, 3.8) is 0 Å². The minimum absolute atomic E-state index is 0.00202. The average molecular weight is 1860 g/mol. The molecule has 5 rings (SSSR count). The highest BCUT2D eigenvalue weighted by Gasteiger charge is 2.42. The molecule has 720 valence electrons. The van der Waals surface area contributed by atoms with Crippen LogP contribution in [-0.4, -0.2) is 273 Å². The molecule has 0 saturated carbocycles. The van der Waals surface area contributed by atoms with Crippen molar-refractivity contribution in [3.05, 3.63) is 138 Å². The molecule has 1 heterocycles. The van der Waals surface area contributed by atoms with Crippen LogP contribution in [0, 0.1) is 22.7 Å². The second-order valence-electron chi connectivity index (χ2n) is 32.3. The van der Waals surface area contributed by atoms with E-state index in [1.165, 1.54) is 36.1 Å². The second-order valence-corrected chi connectivity index (χ2v) is 32.6. The summed E-state index contributed by atoms with van der Waals surface area (Å²) >= 11 is 4.22. The van der Waals surface area contributed by atoms with Crippen molar-refractivity contribution in [1.29, 1.82) is 10.8 Å². The number of aromatic hydroxyl groups is 1. The lowest BCUT2D eigenvalue weighted by atomic mass is 10.00. The Morgan fingerprint density at radius 2 is 0.833 bits per heavy atom. The molecule has 0 radical (unpaired) electrons. The van der Waals surface area contributed by atoms with Crippen molar-refractivity contribution < 1.29 is 107 Å². The number of amides is 16. The molecule has 1 aliphatic rings. The Hall–Kier alpha value is -14.1. The van der Waals surface area contributed by atoms with Crippen LogP contribution >= 0.6 is 12.6 Å². The fourth-order valence-corrected chi connectivity index (χ4v) is 13.9. The molecule has 4 aromatic rings. The first kappa shape index (κ1) is 108. The first-order valence-electron chi connectivity index (χ1n) is 42.8. The van der Waals surface area contributed by atoms with E-state index < -0.39 is 241 Å².